The lowest BCUT2D eigenvalue weighted by atomic mass is 10.0. The molecule has 0 unspecified atom stereocenters. The van der Waals surface area contributed by atoms with Gasteiger partial charge in [-0.15, -0.1) is 0 Å². The molecule has 1 N–H and O–H groups in total. The minimum absolute atomic E-state index is 0.106. The molecule has 0 aliphatic heterocycles. The fourth-order valence-electron chi connectivity index (χ4n) is 3.15. The van der Waals surface area contributed by atoms with Gasteiger partial charge in [-0.25, -0.2) is 0 Å². The molecule has 4 heteroatoms. The third-order valence-corrected chi connectivity index (χ3v) is 4.83. The largest absolute Gasteiger partial charge is 0.496 e. The van der Waals surface area contributed by atoms with Crippen molar-refractivity contribution >= 4 is 22.4 Å². The number of amides is 1. The van der Waals surface area contributed by atoms with Crippen molar-refractivity contribution in [1.82, 2.24) is 5.32 Å². The second-order valence-corrected chi connectivity index (χ2v) is 6.69. The Morgan fingerprint density at radius 3 is 2.63 bits per heavy atom. The molecule has 0 saturated carbocycles. The predicted molar refractivity (Wildman–Crippen MR) is 109 cm³/mol. The zero-order chi connectivity index (χ0) is 19.4. The molecule has 0 spiro atoms. The maximum Gasteiger partial charge on any atom is 0.244 e. The lowest BCUT2D eigenvalue weighted by Gasteiger charge is -2.10. The number of fused-ring (bicyclic) bond motifs is 1. The number of rotatable bonds is 6. The molecule has 0 radical (unpaired) electrons. The van der Waals surface area contributed by atoms with Gasteiger partial charge in [-0.2, -0.15) is 0 Å². The number of carbonyl (C=O) groups is 1. The Kier molecular flexibility index (Phi) is 5.65. The van der Waals surface area contributed by atoms with Gasteiger partial charge in [-0.3, -0.25) is 4.79 Å². The molecule has 0 bridgehead atoms. The Morgan fingerprint density at radius 1 is 1.19 bits per heavy atom. The van der Waals surface area contributed by atoms with Crippen molar-refractivity contribution in [3.8, 4) is 5.75 Å². The molecule has 3 rings (SSSR count). The molecular weight excluding hydrogens is 338 g/mol. The van der Waals surface area contributed by atoms with Gasteiger partial charge in [0.1, 0.15) is 17.1 Å². The van der Waals surface area contributed by atoms with Gasteiger partial charge >= 0.3 is 0 Å². The van der Waals surface area contributed by atoms with Crippen LogP contribution in [0.4, 0.5) is 0 Å². The Bertz CT molecular complexity index is 984. The predicted octanol–water partition coefficient (Wildman–Crippen LogP) is 4.82. The van der Waals surface area contributed by atoms with Gasteiger partial charge in [0.05, 0.1) is 7.11 Å². The Labute approximate surface area is 159 Å². The van der Waals surface area contributed by atoms with E-state index in [0.717, 1.165) is 39.9 Å². The first kappa shape index (κ1) is 18.8. The number of hydrogen-bond acceptors (Lipinski definition) is 3. The van der Waals surface area contributed by atoms with Gasteiger partial charge in [0.25, 0.3) is 0 Å². The number of nitrogens with one attached hydrogen (secondary N) is 1. The average molecular weight is 363 g/mol. The van der Waals surface area contributed by atoms with Crippen molar-refractivity contribution in [2.75, 3.05) is 13.7 Å². The summed E-state index contributed by atoms with van der Waals surface area (Å²) in [5.41, 5.74) is 4.85. The van der Waals surface area contributed by atoms with Crippen LogP contribution in [0.2, 0.25) is 0 Å². The molecule has 1 amide bonds. The third kappa shape index (κ3) is 4.22. The highest BCUT2D eigenvalue weighted by Gasteiger charge is 2.14. The van der Waals surface area contributed by atoms with Gasteiger partial charge in [0.15, 0.2) is 0 Å². The lowest BCUT2D eigenvalue weighted by molar-refractivity contribution is -0.116. The molecule has 4 nitrogen and oxygen atoms in total. The minimum atomic E-state index is -0.106. The maximum absolute atomic E-state index is 12.3. The van der Waals surface area contributed by atoms with Crippen molar-refractivity contribution < 1.29 is 13.9 Å². The van der Waals surface area contributed by atoms with Crippen LogP contribution in [0.15, 0.2) is 53.0 Å². The van der Waals surface area contributed by atoms with Gasteiger partial charge in [0, 0.05) is 29.6 Å². The van der Waals surface area contributed by atoms with E-state index < -0.39 is 0 Å². The number of benzene rings is 2. The van der Waals surface area contributed by atoms with Gasteiger partial charge < -0.3 is 14.5 Å². The fourth-order valence-corrected chi connectivity index (χ4v) is 3.15. The second kappa shape index (κ2) is 8.12. The minimum Gasteiger partial charge on any atom is -0.496 e. The summed E-state index contributed by atoms with van der Waals surface area (Å²) in [4.78, 5) is 12.3. The van der Waals surface area contributed by atoms with Crippen LogP contribution >= 0.6 is 0 Å². The van der Waals surface area contributed by atoms with Crippen LogP contribution in [0.1, 0.15) is 29.4 Å². The molecule has 2 aromatic carbocycles. The number of allylic oxidation sites excluding steroid dienone is 1. The summed E-state index contributed by atoms with van der Waals surface area (Å²) in [6, 6.07) is 14.0. The highest BCUT2D eigenvalue weighted by molar-refractivity contribution is 5.97. The molecule has 3 aromatic rings. The van der Waals surface area contributed by atoms with E-state index in [1.807, 2.05) is 51.1 Å². The summed E-state index contributed by atoms with van der Waals surface area (Å²) in [7, 11) is 1.63. The zero-order valence-corrected chi connectivity index (χ0v) is 16.3. The summed E-state index contributed by atoms with van der Waals surface area (Å²) in [5, 5.41) is 3.99. The Hall–Kier alpha value is -3.01. The first-order valence-electron chi connectivity index (χ1n) is 9.07. The molecule has 0 fully saturated rings. The molecule has 0 aliphatic rings. The van der Waals surface area contributed by atoms with Gasteiger partial charge in [-0.1, -0.05) is 30.3 Å². The van der Waals surface area contributed by atoms with Crippen LogP contribution < -0.4 is 10.1 Å². The van der Waals surface area contributed by atoms with Crippen LogP contribution in [-0.4, -0.2) is 19.6 Å². The Balaban J connectivity index is 1.76. The van der Waals surface area contributed by atoms with E-state index in [-0.39, 0.29) is 5.91 Å². The van der Waals surface area contributed by atoms with Crippen LogP contribution in [-0.2, 0) is 11.2 Å². The van der Waals surface area contributed by atoms with Crippen molar-refractivity contribution in [2.45, 2.75) is 27.2 Å². The summed E-state index contributed by atoms with van der Waals surface area (Å²) < 4.78 is 11.3. The second-order valence-electron chi connectivity index (χ2n) is 6.69. The topological polar surface area (TPSA) is 51.5 Å². The molecule has 0 atom stereocenters. The Morgan fingerprint density at radius 2 is 1.93 bits per heavy atom. The smallest absolute Gasteiger partial charge is 0.244 e. The number of furan rings is 1. The summed E-state index contributed by atoms with van der Waals surface area (Å²) in [6.07, 6.45) is 2.43. The average Bonchev–Trinajstić information content (AvgIpc) is 2.94. The van der Waals surface area contributed by atoms with E-state index in [2.05, 4.69) is 17.4 Å². The van der Waals surface area contributed by atoms with Crippen molar-refractivity contribution in [1.29, 1.82) is 0 Å². The van der Waals surface area contributed by atoms with Crippen molar-refractivity contribution in [2.24, 2.45) is 0 Å². The number of aryl methyl sites for hydroxylation is 2. The van der Waals surface area contributed by atoms with Gasteiger partial charge in [0.2, 0.25) is 5.91 Å². The highest BCUT2D eigenvalue weighted by Crippen LogP contribution is 2.34. The van der Waals surface area contributed by atoms with E-state index >= 15 is 0 Å². The maximum atomic E-state index is 12.3. The molecule has 1 aromatic heterocycles. The van der Waals surface area contributed by atoms with Crippen LogP contribution in [0.5, 0.6) is 5.75 Å². The van der Waals surface area contributed by atoms with Gasteiger partial charge in [-0.05, 0) is 50.0 Å². The summed E-state index contributed by atoms with van der Waals surface area (Å²) in [5.74, 6) is 1.48. The lowest BCUT2D eigenvalue weighted by Crippen LogP contribution is -2.23. The molecule has 27 heavy (non-hydrogen) atoms. The number of hydrogen-bond donors (Lipinski definition) is 1. The van der Waals surface area contributed by atoms with E-state index in [4.69, 9.17) is 9.15 Å². The monoisotopic (exact) mass is 363 g/mol. The van der Waals surface area contributed by atoms with Crippen LogP contribution in [0.25, 0.3) is 16.5 Å². The number of methoxy groups -OCH3 is 1. The third-order valence-electron chi connectivity index (χ3n) is 4.83. The molecular formula is C23H25NO3. The van der Waals surface area contributed by atoms with E-state index in [1.54, 1.807) is 13.2 Å². The van der Waals surface area contributed by atoms with Crippen LogP contribution in [0.3, 0.4) is 0 Å². The zero-order valence-electron chi connectivity index (χ0n) is 16.3. The SMILES string of the molecule is COc1cc2oc(C)c(C)c2cc1/C(C)=C/C(=O)NCCc1ccccc1. The molecule has 0 saturated heterocycles. The normalized spacial score (nSPS) is 11.6. The quantitative estimate of drug-likeness (QED) is 0.639. The standard InChI is InChI=1S/C23H25NO3/c1-15(12-23(25)24-11-10-18-8-6-5-7-9-18)19-13-20-16(2)17(3)27-22(20)14-21(19)26-4/h5-9,12-14H,10-11H2,1-4H3,(H,24,25)/b15-12+. The molecule has 140 valence electrons. The van der Waals surface area contributed by atoms with E-state index in [1.165, 1.54) is 5.56 Å². The fraction of sp³-hybridized carbons (Fsp3) is 0.261. The summed E-state index contributed by atoms with van der Waals surface area (Å²) in [6.45, 7) is 6.50. The first-order valence-corrected chi connectivity index (χ1v) is 9.07. The highest BCUT2D eigenvalue weighted by atomic mass is 16.5. The van der Waals surface area contributed by atoms with E-state index in [0.29, 0.717) is 12.3 Å². The number of carbonyl (C=O) groups excluding carboxylic acids is 1. The summed E-state index contributed by atoms with van der Waals surface area (Å²) >= 11 is 0. The van der Waals surface area contributed by atoms with Crippen LogP contribution in [0, 0.1) is 13.8 Å². The van der Waals surface area contributed by atoms with Crippen molar-refractivity contribution in [3.63, 3.8) is 0 Å². The first-order chi connectivity index (χ1) is 13.0. The van der Waals surface area contributed by atoms with E-state index in [9.17, 15) is 4.79 Å². The van der Waals surface area contributed by atoms with Crippen molar-refractivity contribution in [3.05, 3.63) is 71.0 Å². The number of ether oxygens (including phenoxy) is 1. The molecule has 1 heterocycles. The molecule has 0 aliphatic carbocycles.